The predicted molar refractivity (Wildman–Crippen MR) is 117 cm³/mol. The van der Waals surface area contributed by atoms with Crippen molar-refractivity contribution in [1.82, 2.24) is 9.21 Å². The Labute approximate surface area is 196 Å². The number of carbonyl (C=O) groups excluding carboxylic acids is 3. The van der Waals surface area contributed by atoms with Gasteiger partial charge in [0.25, 0.3) is 0 Å². The van der Waals surface area contributed by atoms with Gasteiger partial charge in [-0.05, 0) is 26.0 Å². The van der Waals surface area contributed by atoms with Crippen LogP contribution in [0.1, 0.15) is 12.5 Å². The molecule has 2 saturated heterocycles. The number of hydrogen-bond donors (Lipinski definition) is 2. The van der Waals surface area contributed by atoms with Gasteiger partial charge < -0.3 is 25.8 Å². The van der Waals surface area contributed by atoms with Crippen LogP contribution in [0, 0.1) is 12.8 Å². The minimum atomic E-state index is -3.89. The maximum absolute atomic E-state index is 13.5. The number of primary amides is 1. The lowest BCUT2D eigenvalue weighted by atomic mass is 9.82. The second kappa shape index (κ2) is 7.14. The second-order valence-corrected chi connectivity index (χ2v) is 10.7. The lowest BCUT2D eigenvalue weighted by Gasteiger charge is -2.40. The first-order valence-electron chi connectivity index (χ1n) is 10.6. The molecule has 3 heterocycles. The number of nitrogens with two attached hydrogens (primary N) is 2. The summed E-state index contributed by atoms with van der Waals surface area (Å²) in [4.78, 5) is 39.6. The van der Waals surface area contributed by atoms with Crippen molar-refractivity contribution in [3.8, 4) is 0 Å². The average molecular weight is 489 g/mol. The number of rotatable bonds is 5. The quantitative estimate of drug-likeness (QED) is 0.421. The Bertz CT molecular complexity index is 1320. The maximum atomic E-state index is 13.5. The van der Waals surface area contributed by atoms with Crippen molar-refractivity contribution >= 4 is 27.7 Å². The topological polar surface area (TPSA) is 162 Å². The van der Waals surface area contributed by atoms with Crippen molar-refractivity contribution in [2.75, 3.05) is 20.3 Å². The van der Waals surface area contributed by atoms with E-state index in [0.717, 1.165) is 5.56 Å². The monoisotopic (exact) mass is 488 g/mol. The number of nitrogens with zero attached hydrogens (tertiary/aromatic N) is 2. The smallest absolute Gasteiger partial charge is 0.404 e. The third-order valence-corrected chi connectivity index (χ3v) is 9.15. The van der Waals surface area contributed by atoms with Crippen molar-refractivity contribution in [3.05, 3.63) is 52.4 Å². The van der Waals surface area contributed by atoms with Gasteiger partial charge in [0.05, 0.1) is 34.3 Å². The summed E-state index contributed by atoms with van der Waals surface area (Å²) in [5.74, 6) is -1.98. The molecule has 0 saturated carbocycles. The zero-order valence-electron chi connectivity index (χ0n) is 18.8. The van der Waals surface area contributed by atoms with E-state index >= 15 is 0 Å². The summed E-state index contributed by atoms with van der Waals surface area (Å²) < 4.78 is 39.2. The van der Waals surface area contributed by atoms with E-state index in [1.807, 2.05) is 6.92 Å². The van der Waals surface area contributed by atoms with Gasteiger partial charge in [-0.2, -0.15) is 4.31 Å². The molecule has 0 radical (unpaired) electrons. The van der Waals surface area contributed by atoms with Crippen LogP contribution in [0.15, 0.2) is 51.7 Å². The Morgan fingerprint density at radius 3 is 2.41 bits per heavy atom. The zero-order chi connectivity index (χ0) is 24.7. The molecule has 5 rings (SSSR count). The molecule has 1 aliphatic carbocycles. The average Bonchev–Trinajstić information content (AvgIpc) is 3.33. The summed E-state index contributed by atoms with van der Waals surface area (Å²) in [7, 11) is -2.52. The van der Waals surface area contributed by atoms with E-state index in [1.165, 1.54) is 30.5 Å². The standard InChI is InChI=1S/C22H24N4O7S/c1-10-4-6-12(7-5-10)34(30,31)26-14-8-25-17-15(19(28)16(23)11(2)18(17)27)13(9-33-21(24)29)22(25,32-3)20(14)26/h4-7,13-14,20H,8-9,23H2,1-3H3,(H2,24,29). The number of ether oxygens (including phenoxy) is 2. The molecular formula is C22H24N4O7S. The number of Topliss-reactive ketones (excluding diaryl/α,β-unsaturated/α-hetero) is 2. The Hall–Kier alpha value is -3.22. The molecule has 11 nitrogen and oxygen atoms in total. The highest BCUT2D eigenvalue weighted by atomic mass is 32.2. The van der Waals surface area contributed by atoms with Crippen LogP contribution in [-0.2, 0) is 29.1 Å². The largest absolute Gasteiger partial charge is 0.449 e. The highest BCUT2D eigenvalue weighted by molar-refractivity contribution is 7.89. The summed E-state index contributed by atoms with van der Waals surface area (Å²) in [6, 6.07) is 5.25. The number of amides is 1. The van der Waals surface area contributed by atoms with Gasteiger partial charge in [-0.15, -0.1) is 0 Å². The number of benzene rings is 1. The first-order chi connectivity index (χ1) is 16.0. The van der Waals surface area contributed by atoms with E-state index in [0.29, 0.717) is 0 Å². The van der Waals surface area contributed by atoms with Crippen LogP contribution in [0.25, 0.3) is 0 Å². The van der Waals surface area contributed by atoms with E-state index in [1.54, 1.807) is 17.0 Å². The molecule has 4 aliphatic rings. The van der Waals surface area contributed by atoms with E-state index < -0.39 is 51.4 Å². The maximum Gasteiger partial charge on any atom is 0.404 e. The van der Waals surface area contributed by atoms with Gasteiger partial charge in [0, 0.05) is 24.8 Å². The molecule has 1 amide bonds. The summed E-state index contributed by atoms with van der Waals surface area (Å²) in [5.41, 5.74) is 10.6. The third kappa shape index (κ3) is 2.70. The number of allylic oxidation sites excluding steroid dienone is 2. The molecular weight excluding hydrogens is 464 g/mol. The van der Waals surface area contributed by atoms with Gasteiger partial charge in [0.1, 0.15) is 6.61 Å². The van der Waals surface area contributed by atoms with Crippen molar-refractivity contribution in [2.45, 2.75) is 36.6 Å². The lowest BCUT2D eigenvalue weighted by Crippen LogP contribution is -2.56. The molecule has 0 aromatic heterocycles. The number of methoxy groups -OCH3 is 1. The van der Waals surface area contributed by atoms with E-state index in [4.69, 9.17) is 20.9 Å². The summed E-state index contributed by atoms with van der Waals surface area (Å²) in [6.45, 7) is 3.06. The van der Waals surface area contributed by atoms with Crippen molar-refractivity contribution in [2.24, 2.45) is 17.4 Å². The molecule has 4 N–H and O–H groups in total. The van der Waals surface area contributed by atoms with E-state index in [2.05, 4.69) is 0 Å². The zero-order valence-corrected chi connectivity index (χ0v) is 19.6. The fourth-order valence-electron chi connectivity index (χ4n) is 5.59. The summed E-state index contributed by atoms with van der Waals surface area (Å²) in [5, 5.41) is 0. The van der Waals surface area contributed by atoms with Crippen LogP contribution in [-0.4, -0.2) is 73.4 Å². The van der Waals surface area contributed by atoms with Crippen LogP contribution in [0.4, 0.5) is 4.79 Å². The fourth-order valence-corrected chi connectivity index (χ4v) is 7.39. The summed E-state index contributed by atoms with van der Waals surface area (Å²) in [6.07, 6.45) is -1.07. The van der Waals surface area contributed by atoms with Crippen LogP contribution < -0.4 is 11.5 Å². The van der Waals surface area contributed by atoms with Crippen LogP contribution in [0.5, 0.6) is 0 Å². The van der Waals surface area contributed by atoms with Gasteiger partial charge in [0.2, 0.25) is 21.6 Å². The molecule has 0 bridgehead atoms. The van der Waals surface area contributed by atoms with Crippen LogP contribution >= 0.6 is 0 Å². The van der Waals surface area contributed by atoms with E-state index in [-0.39, 0.29) is 40.6 Å². The first-order valence-corrected chi connectivity index (χ1v) is 12.1. The number of sulfonamides is 1. The number of aryl methyl sites for hydroxylation is 1. The molecule has 180 valence electrons. The molecule has 3 aliphatic heterocycles. The molecule has 5 atom stereocenters. The van der Waals surface area contributed by atoms with Gasteiger partial charge in [-0.25, -0.2) is 13.2 Å². The normalized spacial score (nSPS) is 32.0. The SMILES string of the molecule is COC12C(COC(N)=O)C3=C(C(=O)C(C)=C(N)C3=O)N1CC1C2N1S(=O)(=O)c1ccc(C)cc1. The summed E-state index contributed by atoms with van der Waals surface area (Å²) >= 11 is 0. The Kier molecular flexibility index (Phi) is 4.74. The highest BCUT2D eigenvalue weighted by Gasteiger charge is 2.79. The van der Waals surface area contributed by atoms with Gasteiger partial charge >= 0.3 is 6.09 Å². The first kappa shape index (κ1) is 22.6. The molecule has 12 heteroatoms. The molecule has 2 fully saturated rings. The Morgan fingerprint density at radius 2 is 1.82 bits per heavy atom. The molecule has 1 aromatic rings. The Balaban J connectivity index is 1.60. The highest BCUT2D eigenvalue weighted by Crippen LogP contribution is 2.61. The van der Waals surface area contributed by atoms with Crippen LogP contribution in [0.2, 0.25) is 0 Å². The number of fused-ring (bicyclic) bond motifs is 4. The predicted octanol–water partition coefficient (Wildman–Crippen LogP) is -0.241. The molecule has 5 unspecified atom stereocenters. The lowest BCUT2D eigenvalue weighted by molar-refractivity contribution is -0.141. The molecule has 34 heavy (non-hydrogen) atoms. The molecule has 0 spiro atoms. The Morgan fingerprint density at radius 1 is 1.18 bits per heavy atom. The minimum absolute atomic E-state index is 0.0502. The van der Waals surface area contributed by atoms with Gasteiger partial charge in [-0.1, -0.05) is 17.7 Å². The van der Waals surface area contributed by atoms with E-state index in [9.17, 15) is 22.8 Å². The van der Waals surface area contributed by atoms with Crippen LogP contribution in [0.3, 0.4) is 0 Å². The number of hydrogen-bond acceptors (Lipinski definition) is 9. The molecule has 1 aromatic carbocycles. The van der Waals surface area contributed by atoms with Gasteiger partial charge in [-0.3, -0.25) is 9.59 Å². The third-order valence-electron chi connectivity index (χ3n) is 7.23. The second-order valence-electron chi connectivity index (χ2n) is 8.87. The number of ketones is 2. The number of piperazine rings is 1. The van der Waals surface area contributed by atoms with Crippen molar-refractivity contribution in [1.29, 1.82) is 0 Å². The minimum Gasteiger partial charge on any atom is -0.449 e. The fraction of sp³-hybridized carbons (Fsp3) is 0.409. The van der Waals surface area contributed by atoms with Crippen molar-refractivity contribution < 1.29 is 32.3 Å². The number of carbonyl (C=O) groups is 3. The van der Waals surface area contributed by atoms with Gasteiger partial charge in [0.15, 0.2) is 5.72 Å². The van der Waals surface area contributed by atoms with Crippen molar-refractivity contribution in [3.63, 3.8) is 0 Å².